The number of hydrogen-bond donors (Lipinski definition) is 0. The Labute approximate surface area is 138 Å². The molecule has 1 saturated carbocycles. The van der Waals surface area contributed by atoms with Crippen molar-refractivity contribution in [1.29, 1.82) is 0 Å². The monoisotopic (exact) mass is 399 g/mol. The van der Waals surface area contributed by atoms with Crippen molar-refractivity contribution in [2.45, 2.75) is 42.0 Å². The first-order valence-electron chi connectivity index (χ1n) is 6.41. The fraction of sp³-hybridized carbons (Fsp3) is 0.538. The number of nitrogens with zero attached hydrogens (tertiary/aromatic N) is 1. The van der Waals surface area contributed by atoms with Crippen LogP contribution in [-0.4, -0.2) is 31.2 Å². The van der Waals surface area contributed by atoms with Crippen molar-refractivity contribution >= 4 is 49.2 Å². The Kier molecular flexibility index (Phi) is 5.40. The highest BCUT2D eigenvalue weighted by Gasteiger charge is 2.34. The fourth-order valence-corrected chi connectivity index (χ4v) is 5.07. The maximum absolute atomic E-state index is 12.6. The van der Waals surface area contributed by atoms with Gasteiger partial charge in [-0.15, -0.1) is 11.6 Å². The molecule has 0 aliphatic heterocycles. The van der Waals surface area contributed by atoms with Crippen LogP contribution in [-0.2, 0) is 10.0 Å². The fourth-order valence-electron chi connectivity index (χ4n) is 2.46. The predicted molar refractivity (Wildman–Crippen MR) is 86.0 cm³/mol. The molecule has 1 fully saturated rings. The van der Waals surface area contributed by atoms with Crippen LogP contribution in [0.4, 0.5) is 0 Å². The molecule has 0 radical (unpaired) electrons. The molecule has 0 aromatic heterocycles. The first kappa shape index (κ1) is 16.6. The van der Waals surface area contributed by atoms with E-state index >= 15 is 0 Å². The molecule has 2 rings (SSSR count). The van der Waals surface area contributed by atoms with Crippen molar-refractivity contribution in [1.82, 2.24) is 4.31 Å². The number of benzene rings is 1. The quantitative estimate of drug-likeness (QED) is 0.710. The molecule has 0 amide bonds. The van der Waals surface area contributed by atoms with Crippen LogP contribution in [0, 0.1) is 0 Å². The Morgan fingerprint density at radius 3 is 2.55 bits per heavy atom. The SMILES string of the molecule is CN(C1CCCCC1Cl)S(=O)(=O)c1ccc(Cl)c(Br)c1. The second kappa shape index (κ2) is 6.53. The van der Waals surface area contributed by atoms with Crippen LogP contribution in [0.1, 0.15) is 25.7 Å². The lowest BCUT2D eigenvalue weighted by Gasteiger charge is -2.34. The van der Waals surface area contributed by atoms with Gasteiger partial charge in [-0.25, -0.2) is 8.42 Å². The summed E-state index contributed by atoms with van der Waals surface area (Å²) in [6.45, 7) is 0. The number of rotatable bonds is 3. The van der Waals surface area contributed by atoms with Crippen LogP contribution in [0.15, 0.2) is 27.6 Å². The van der Waals surface area contributed by atoms with E-state index in [9.17, 15) is 8.42 Å². The molecule has 1 aliphatic carbocycles. The third kappa shape index (κ3) is 3.33. The average Bonchev–Trinajstić information content (AvgIpc) is 2.41. The van der Waals surface area contributed by atoms with E-state index in [2.05, 4.69) is 15.9 Å². The standard InChI is InChI=1S/C13H16BrCl2NO2S/c1-17(13-5-3-2-4-12(13)16)20(18,19)9-6-7-11(15)10(14)8-9/h6-8,12-13H,2-5H2,1H3. The van der Waals surface area contributed by atoms with Gasteiger partial charge in [0.2, 0.25) is 10.0 Å². The van der Waals surface area contributed by atoms with Crippen molar-refractivity contribution in [3.63, 3.8) is 0 Å². The minimum atomic E-state index is -3.55. The van der Waals surface area contributed by atoms with Gasteiger partial charge in [0.15, 0.2) is 0 Å². The molecule has 1 aromatic rings. The summed E-state index contributed by atoms with van der Waals surface area (Å²) < 4.78 is 27.3. The van der Waals surface area contributed by atoms with Gasteiger partial charge in [-0.3, -0.25) is 0 Å². The van der Waals surface area contributed by atoms with Crippen molar-refractivity contribution in [3.05, 3.63) is 27.7 Å². The van der Waals surface area contributed by atoms with Gasteiger partial charge in [0.1, 0.15) is 0 Å². The summed E-state index contributed by atoms with van der Waals surface area (Å²) in [5.41, 5.74) is 0. The van der Waals surface area contributed by atoms with Crippen molar-refractivity contribution in [2.24, 2.45) is 0 Å². The molecule has 2 atom stereocenters. The lowest BCUT2D eigenvalue weighted by molar-refractivity contribution is 0.291. The third-order valence-corrected chi connectivity index (χ3v) is 7.28. The van der Waals surface area contributed by atoms with Gasteiger partial charge >= 0.3 is 0 Å². The smallest absolute Gasteiger partial charge is 0.207 e. The van der Waals surface area contributed by atoms with Crippen LogP contribution in [0.3, 0.4) is 0 Å². The van der Waals surface area contributed by atoms with Gasteiger partial charge in [0.05, 0.1) is 15.3 Å². The zero-order valence-corrected chi connectivity index (χ0v) is 14.9. The van der Waals surface area contributed by atoms with E-state index in [1.165, 1.54) is 16.4 Å². The van der Waals surface area contributed by atoms with E-state index in [1.807, 2.05) is 0 Å². The Bertz CT molecular complexity index is 594. The van der Waals surface area contributed by atoms with Gasteiger partial charge in [0.25, 0.3) is 0 Å². The Balaban J connectivity index is 2.31. The van der Waals surface area contributed by atoms with Crippen molar-refractivity contribution in [2.75, 3.05) is 7.05 Å². The van der Waals surface area contributed by atoms with E-state index in [0.717, 1.165) is 25.7 Å². The van der Waals surface area contributed by atoms with Crippen LogP contribution in [0.2, 0.25) is 5.02 Å². The highest BCUT2D eigenvalue weighted by Crippen LogP contribution is 2.32. The summed E-state index contributed by atoms with van der Waals surface area (Å²) in [5, 5.41) is 0.360. The summed E-state index contributed by atoms with van der Waals surface area (Å²) in [5.74, 6) is 0. The van der Waals surface area contributed by atoms with Gasteiger partial charge in [-0.1, -0.05) is 24.4 Å². The van der Waals surface area contributed by atoms with Crippen LogP contribution < -0.4 is 0 Å². The number of hydrogen-bond acceptors (Lipinski definition) is 2. The third-order valence-electron chi connectivity index (χ3n) is 3.68. The van der Waals surface area contributed by atoms with Gasteiger partial charge in [0, 0.05) is 17.6 Å². The van der Waals surface area contributed by atoms with Crippen LogP contribution in [0.5, 0.6) is 0 Å². The molecular formula is C13H16BrCl2NO2S. The van der Waals surface area contributed by atoms with Crippen LogP contribution >= 0.6 is 39.1 Å². The van der Waals surface area contributed by atoms with E-state index in [0.29, 0.717) is 9.50 Å². The zero-order valence-electron chi connectivity index (χ0n) is 11.0. The largest absolute Gasteiger partial charge is 0.243 e. The summed E-state index contributed by atoms with van der Waals surface area (Å²) in [7, 11) is -1.95. The predicted octanol–water partition coefficient (Wildman–Crippen LogP) is 4.27. The molecule has 112 valence electrons. The lowest BCUT2D eigenvalue weighted by atomic mass is 9.95. The summed E-state index contributed by atoms with van der Waals surface area (Å²) in [4.78, 5) is 0.228. The lowest BCUT2D eigenvalue weighted by Crippen LogP contribution is -2.44. The van der Waals surface area contributed by atoms with Crippen molar-refractivity contribution in [3.8, 4) is 0 Å². The summed E-state index contributed by atoms with van der Waals surface area (Å²) in [6.07, 6.45) is 3.73. The van der Waals surface area contributed by atoms with E-state index in [4.69, 9.17) is 23.2 Å². The molecule has 0 spiro atoms. The minimum absolute atomic E-state index is 0.126. The highest BCUT2D eigenvalue weighted by molar-refractivity contribution is 9.10. The maximum Gasteiger partial charge on any atom is 0.243 e. The molecule has 3 nitrogen and oxygen atoms in total. The topological polar surface area (TPSA) is 37.4 Å². The maximum atomic E-state index is 12.6. The van der Waals surface area contributed by atoms with E-state index in [1.54, 1.807) is 13.1 Å². The molecule has 0 bridgehead atoms. The van der Waals surface area contributed by atoms with E-state index in [-0.39, 0.29) is 16.3 Å². The molecule has 0 heterocycles. The Hall–Kier alpha value is 0.190. The summed E-state index contributed by atoms with van der Waals surface area (Å²) in [6, 6.07) is 4.47. The Morgan fingerprint density at radius 1 is 1.30 bits per heavy atom. The number of alkyl halides is 1. The highest BCUT2D eigenvalue weighted by atomic mass is 79.9. The number of sulfonamides is 1. The van der Waals surface area contributed by atoms with Gasteiger partial charge in [-0.2, -0.15) is 4.31 Å². The normalized spacial score (nSPS) is 24.1. The minimum Gasteiger partial charge on any atom is -0.207 e. The zero-order chi connectivity index (χ0) is 14.9. The molecule has 2 unspecified atom stereocenters. The van der Waals surface area contributed by atoms with Gasteiger partial charge in [-0.05, 0) is 47.0 Å². The molecular weight excluding hydrogens is 385 g/mol. The molecule has 0 saturated heterocycles. The molecule has 1 aromatic carbocycles. The molecule has 1 aliphatic rings. The van der Waals surface area contributed by atoms with Crippen molar-refractivity contribution < 1.29 is 8.42 Å². The summed E-state index contributed by atoms with van der Waals surface area (Å²) >= 11 is 15.5. The Morgan fingerprint density at radius 2 is 1.95 bits per heavy atom. The number of halogens is 3. The van der Waals surface area contributed by atoms with E-state index < -0.39 is 10.0 Å². The first-order valence-corrected chi connectivity index (χ1v) is 9.46. The first-order chi connectivity index (χ1) is 9.34. The van der Waals surface area contributed by atoms with Crippen LogP contribution in [0.25, 0.3) is 0 Å². The molecule has 20 heavy (non-hydrogen) atoms. The molecule has 0 N–H and O–H groups in total. The molecule has 7 heteroatoms. The van der Waals surface area contributed by atoms with Gasteiger partial charge < -0.3 is 0 Å². The second-order valence-electron chi connectivity index (χ2n) is 4.96. The average molecular weight is 401 g/mol. The second-order valence-corrected chi connectivity index (χ2v) is 8.78.